The van der Waals surface area contributed by atoms with Crippen molar-refractivity contribution in [2.75, 3.05) is 13.7 Å². The van der Waals surface area contributed by atoms with Crippen molar-refractivity contribution in [3.63, 3.8) is 0 Å². The third-order valence-corrected chi connectivity index (χ3v) is 1.89. The van der Waals surface area contributed by atoms with Crippen LogP contribution in [0.3, 0.4) is 0 Å². The average molecular weight is 227 g/mol. The Kier molecular flexibility index (Phi) is 4.01. The highest BCUT2D eigenvalue weighted by atomic mass is 16.5. The van der Waals surface area contributed by atoms with Gasteiger partial charge < -0.3 is 15.2 Å². The summed E-state index contributed by atoms with van der Waals surface area (Å²) in [6, 6.07) is -1.10. The van der Waals surface area contributed by atoms with E-state index in [0.717, 1.165) is 0 Å². The molecule has 1 unspecified atom stereocenters. The van der Waals surface area contributed by atoms with Crippen molar-refractivity contribution in [3.05, 3.63) is 18.0 Å². The van der Waals surface area contributed by atoms with Gasteiger partial charge in [0.05, 0.1) is 6.20 Å². The summed E-state index contributed by atoms with van der Waals surface area (Å²) in [7, 11) is 3.03. The lowest BCUT2D eigenvalue weighted by atomic mass is 10.1. The van der Waals surface area contributed by atoms with Crippen molar-refractivity contribution in [1.29, 1.82) is 0 Å². The van der Waals surface area contributed by atoms with Crippen LogP contribution in [-0.4, -0.2) is 40.5 Å². The second kappa shape index (κ2) is 5.26. The predicted molar refractivity (Wildman–Crippen MR) is 53.6 cm³/mol. The standard InChI is InChI=1S/C9H13N3O4/c1-12-4-6(3-10-12)8(9(14)15)11-7(13)5-16-2/h3-4,8H,5H2,1-2H3,(H,11,13)(H,14,15). The lowest BCUT2D eigenvalue weighted by Crippen LogP contribution is -2.35. The van der Waals surface area contributed by atoms with E-state index < -0.39 is 17.9 Å². The minimum absolute atomic E-state index is 0.177. The fourth-order valence-corrected chi connectivity index (χ4v) is 1.21. The number of amides is 1. The third kappa shape index (κ3) is 3.06. The summed E-state index contributed by atoms with van der Waals surface area (Å²) in [5.74, 6) is -1.63. The molecule has 0 radical (unpaired) electrons. The van der Waals surface area contributed by atoms with Crippen molar-refractivity contribution in [2.24, 2.45) is 7.05 Å². The lowest BCUT2D eigenvalue weighted by molar-refractivity contribution is -0.142. The first kappa shape index (κ1) is 12.2. The molecule has 7 nitrogen and oxygen atoms in total. The van der Waals surface area contributed by atoms with E-state index in [1.807, 2.05) is 0 Å². The molecule has 0 saturated heterocycles. The van der Waals surface area contributed by atoms with E-state index in [0.29, 0.717) is 5.56 Å². The zero-order valence-electron chi connectivity index (χ0n) is 9.01. The number of nitrogens with zero attached hydrogens (tertiary/aromatic N) is 2. The largest absolute Gasteiger partial charge is 0.479 e. The molecule has 1 heterocycles. The molecule has 7 heteroatoms. The number of ether oxygens (including phenoxy) is 1. The maximum absolute atomic E-state index is 11.2. The fourth-order valence-electron chi connectivity index (χ4n) is 1.21. The van der Waals surface area contributed by atoms with Gasteiger partial charge in [0.2, 0.25) is 5.91 Å². The van der Waals surface area contributed by atoms with E-state index in [4.69, 9.17) is 5.11 Å². The van der Waals surface area contributed by atoms with Crippen LogP contribution in [0.5, 0.6) is 0 Å². The average Bonchev–Trinajstić information content (AvgIpc) is 2.61. The number of nitrogens with one attached hydrogen (secondary N) is 1. The minimum atomic E-state index is -1.14. The zero-order valence-corrected chi connectivity index (χ0v) is 9.01. The summed E-state index contributed by atoms with van der Waals surface area (Å²) in [6.45, 7) is -0.177. The van der Waals surface area contributed by atoms with Crippen LogP contribution in [0.2, 0.25) is 0 Å². The molecule has 0 bridgehead atoms. The van der Waals surface area contributed by atoms with Gasteiger partial charge in [0.1, 0.15) is 6.61 Å². The van der Waals surface area contributed by atoms with Crippen LogP contribution in [0.1, 0.15) is 11.6 Å². The second-order valence-corrected chi connectivity index (χ2v) is 3.22. The van der Waals surface area contributed by atoms with Gasteiger partial charge in [0.15, 0.2) is 6.04 Å². The van der Waals surface area contributed by atoms with Crippen LogP contribution >= 0.6 is 0 Å². The van der Waals surface area contributed by atoms with E-state index in [2.05, 4.69) is 15.2 Å². The monoisotopic (exact) mass is 227 g/mol. The number of aliphatic carboxylic acids is 1. The number of aromatic nitrogens is 2. The molecule has 16 heavy (non-hydrogen) atoms. The summed E-state index contributed by atoms with van der Waals surface area (Å²) in [5, 5.41) is 15.1. The molecular weight excluding hydrogens is 214 g/mol. The van der Waals surface area contributed by atoms with E-state index in [-0.39, 0.29) is 6.61 Å². The van der Waals surface area contributed by atoms with Gasteiger partial charge >= 0.3 is 5.97 Å². The molecule has 0 aromatic carbocycles. The number of carbonyl (C=O) groups excluding carboxylic acids is 1. The van der Waals surface area contributed by atoms with Crippen molar-refractivity contribution < 1.29 is 19.4 Å². The smallest absolute Gasteiger partial charge is 0.331 e. The Morgan fingerprint density at radius 3 is 2.81 bits per heavy atom. The lowest BCUT2D eigenvalue weighted by Gasteiger charge is -2.12. The van der Waals surface area contributed by atoms with Crippen LogP contribution in [0.4, 0.5) is 0 Å². The summed E-state index contributed by atoms with van der Waals surface area (Å²) in [5.41, 5.74) is 0.416. The van der Waals surface area contributed by atoms with Gasteiger partial charge in [-0.25, -0.2) is 4.79 Å². The van der Waals surface area contributed by atoms with Crippen LogP contribution in [0, 0.1) is 0 Å². The minimum Gasteiger partial charge on any atom is -0.479 e. The zero-order chi connectivity index (χ0) is 12.1. The molecule has 1 aromatic heterocycles. The first-order valence-electron chi connectivity index (χ1n) is 4.54. The highest BCUT2D eigenvalue weighted by Crippen LogP contribution is 2.11. The number of rotatable bonds is 5. The molecule has 1 aromatic rings. The molecule has 0 saturated carbocycles. The molecule has 0 aliphatic carbocycles. The molecule has 0 aliphatic rings. The topological polar surface area (TPSA) is 93.4 Å². The fraction of sp³-hybridized carbons (Fsp3) is 0.444. The van der Waals surface area contributed by atoms with Gasteiger partial charge in [-0.1, -0.05) is 0 Å². The molecule has 0 aliphatic heterocycles. The number of aryl methyl sites for hydroxylation is 1. The number of carboxylic acids is 1. The summed E-state index contributed by atoms with van der Waals surface area (Å²) in [4.78, 5) is 22.2. The Hall–Kier alpha value is -1.89. The SMILES string of the molecule is COCC(=O)NC(C(=O)O)c1cnn(C)c1. The van der Waals surface area contributed by atoms with Gasteiger partial charge in [0.25, 0.3) is 0 Å². The second-order valence-electron chi connectivity index (χ2n) is 3.22. The molecule has 1 amide bonds. The van der Waals surface area contributed by atoms with Gasteiger partial charge in [-0.3, -0.25) is 9.48 Å². The first-order valence-corrected chi connectivity index (χ1v) is 4.54. The number of hydrogen-bond donors (Lipinski definition) is 2. The maximum Gasteiger partial charge on any atom is 0.331 e. The normalized spacial score (nSPS) is 12.1. The summed E-state index contributed by atoms with van der Waals surface area (Å²) in [6.07, 6.45) is 2.93. The number of carbonyl (C=O) groups is 2. The van der Waals surface area contributed by atoms with Crippen molar-refractivity contribution >= 4 is 11.9 Å². The van der Waals surface area contributed by atoms with Crippen LogP contribution in [-0.2, 0) is 21.4 Å². The molecule has 0 fully saturated rings. The van der Waals surface area contributed by atoms with Crippen molar-refractivity contribution in [2.45, 2.75) is 6.04 Å². The maximum atomic E-state index is 11.2. The van der Waals surface area contributed by atoms with Gasteiger partial charge in [0, 0.05) is 25.9 Å². The Balaban J connectivity index is 2.76. The van der Waals surface area contributed by atoms with Crippen LogP contribution in [0.15, 0.2) is 12.4 Å². The van der Waals surface area contributed by atoms with E-state index >= 15 is 0 Å². The molecular formula is C9H13N3O4. The van der Waals surface area contributed by atoms with E-state index in [9.17, 15) is 9.59 Å². The first-order chi connectivity index (χ1) is 7.54. The van der Waals surface area contributed by atoms with Gasteiger partial charge in [-0.15, -0.1) is 0 Å². The van der Waals surface area contributed by atoms with Crippen molar-refractivity contribution in [1.82, 2.24) is 15.1 Å². The number of methoxy groups -OCH3 is 1. The van der Waals surface area contributed by atoms with Crippen molar-refractivity contribution in [3.8, 4) is 0 Å². The predicted octanol–water partition coefficient (Wildman–Crippen LogP) is -0.692. The molecule has 0 spiro atoms. The molecule has 1 atom stereocenters. The third-order valence-electron chi connectivity index (χ3n) is 1.89. The van der Waals surface area contributed by atoms with Crippen LogP contribution in [0.25, 0.3) is 0 Å². The van der Waals surface area contributed by atoms with E-state index in [1.54, 1.807) is 7.05 Å². The van der Waals surface area contributed by atoms with Gasteiger partial charge in [-0.2, -0.15) is 5.10 Å². The van der Waals surface area contributed by atoms with Gasteiger partial charge in [-0.05, 0) is 0 Å². The highest BCUT2D eigenvalue weighted by Gasteiger charge is 2.23. The highest BCUT2D eigenvalue weighted by molar-refractivity contribution is 5.85. The Morgan fingerprint density at radius 1 is 1.69 bits per heavy atom. The Morgan fingerprint density at radius 2 is 2.38 bits per heavy atom. The quantitative estimate of drug-likeness (QED) is 0.694. The van der Waals surface area contributed by atoms with E-state index in [1.165, 1.54) is 24.2 Å². The Labute approximate surface area is 92.0 Å². The number of carboxylic acid groups (broad SMARTS) is 1. The molecule has 2 N–H and O–H groups in total. The van der Waals surface area contributed by atoms with Crippen LogP contribution < -0.4 is 5.32 Å². The summed E-state index contributed by atoms with van der Waals surface area (Å²) >= 11 is 0. The Bertz CT molecular complexity index is 388. The summed E-state index contributed by atoms with van der Waals surface area (Å²) < 4.78 is 6.07. The number of hydrogen-bond acceptors (Lipinski definition) is 4. The molecule has 1 rings (SSSR count). The molecule has 88 valence electrons.